The quantitative estimate of drug-likeness (QED) is 0.690. The van der Waals surface area contributed by atoms with Crippen LogP contribution in [0.2, 0.25) is 0 Å². The van der Waals surface area contributed by atoms with E-state index in [1.165, 1.54) is 0 Å². The lowest BCUT2D eigenvalue weighted by molar-refractivity contribution is 0.158. The maximum absolute atomic E-state index is 5.25. The molecule has 0 aromatic carbocycles. The molecule has 90 valence electrons. The summed E-state index contributed by atoms with van der Waals surface area (Å²) in [5.41, 5.74) is 1.04. The summed E-state index contributed by atoms with van der Waals surface area (Å²) in [5.74, 6) is 1.53. The molecule has 1 aromatic heterocycles. The molecule has 0 saturated heterocycles. The van der Waals surface area contributed by atoms with Gasteiger partial charge in [-0.3, -0.25) is 0 Å². The molecule has 16 heavy (non-hydrogen) atoms. The highest BCUT2D eigenvalue weighted by molar-refractivity contribution is 5.46. The average Bonchev–Trinajstić information content (AvgIpc) is 2.29. The Bertz CT molecular complexity index is 317. The zero-order chi connectivity index (χ0) is 11.8. The Balaban J connectivity index is 2.52. The molecule has 0 bridgehead atoms. The second-order valence-electron chi connectivity index (χ2n) is 3.38. The smallest absolute Gasteiger partial charge is 0.224 e. The van der Waals surface area contributed by atoms with Gasteiger partial charge in [0.15, 0.2) is 0 Å². The van der Waals surface area contributed by atoms with Gasteiger partial charge in [0.25, 0.3) is 0 Å². The molecule has 0 aliphatic carbocycles. The minimum absolute atomic E-state index is 0.659. The summed E-state index contributed by atoms with van der Waals surface area (Å²) < 4.78 is 5.25. The number of nitrogens with zero attached hydrogens (tertiary/aromatic N) is 2. The Morgan fingerprint density at radius 2 is 2.12 bits per heavy atom. The van der Waals surface area contributed by atoms with Crippen molar-refractivity contribution in [2.75, 3.05) is 36.9 Å². The first kappa shape index (κ1) is 12.7. The van der Waals surface area contributed by atoms with Crippen molar-refractivity contribution in [1.82, 2.24) is 9.97 Å². The van der Waals surface area contributed by atoms with Crippen LogP contribution in [-0.4, -0.2) is 36.3 Å². The molecule has 0 saturated carbocycles. The molecule has 0 amide bonds. The second kappa shape index (κ2) is 7.00. The van der Waals surface area contributed by atoms with Crippen LogP contribution in [0.5, 0.6) is 0 Å². The van der Waals surface area contributed by atoms with Crippen LogP contribution in [0.15, 0.2) is 6.20 Å². The normalized spacial score (nSPS) is 10.2. The van der Waals surface area contributed by atoms with E-state index in [-0.39, 0.29) is 0 Å². The van der Waals surface area contributed by atoms with Crippen molar-refractivity contribution < 1.29 is 4.74 Å². The zero-order valence-corrected chi connectivity index (χ0v) is 10.2. The highest BCUT2D eigenvalue weighted by Crippen LogP contribution is 2.11. The Morgan fingerprint density at radius 1 is 1.31 bits per heavy atom. The second-order valence-corrected chi connectivity index (χ2v) is 3.38. The lowest BCUT2D eigenvalue weighted by Gasteiger charge is -2.10. The van der Waals surface area contributed by atoms with E-state index in [9.17, 15) is 0 Å². The van der Waals surface area contributed by atoms with Crippen molar-refractivity contribution in [3.63, 3.8) is 0 Å². The van der Waals surface area contributed by atoms with Crippen LogP contribution >= 0.6 is 0 Å². The maximum atomic E-state index is 5.25. The monoisotopic (exact) mass is 224 g/mol. The number of ether oxygens (including phenoxy) is 1. The molecular formula is C11H20N4O. The minimum Gasteiger partial charge on any atom is -0.380 e. The molecule has 1 aromatic rings. The van der Waals surface area contributed by atoms with Crippen LogP contribution in [0.4, 0.5) is 11.8 Å². The summed E-state index contributed by atoms with van der Waals surface area (Å²) in [4.78, 5) is 8.55. The van der Waals surface area contributed by atoms with Gasteiger partial charge in [0.2, 0.25) is 5.95 Å². The fraction of sp³-hybridized carbons (Fsp3) is 0.636. The summed E-state index contributed by atoms with van der Waals surface area (Å²) in [6.07, 6.45) is 1.81. The number of anilines is 2. The zero-order valence-electron chi connectivity index (χ0n) is 10.2. The van der Waals surface area contributed by atoms with Crippen molar-refractivity contribution in [1.29, 1.82) is 0 Å². The van der Waals surface area contributed by atoms with Crippen LogP contribution in [0.25, 0.3) is 0 Å². The largest absolute Gasteiger partial charge is 0.380 e. The minimum atomic E-state index is 0.659. The molecule has 0 radical (unpaired) electrons. The standard InChI is InChI=1S/C11H20N4O/c1-4-12-11-14-8-9(3)10(15-11)13-6-7-16-5-2/h8H,4-7H2,1-3H3,(H2,12,13,14,15). The first-order valence-corrected chi connectivity index (χ1v) is 5.67. The number of aryl methyl sites for hydroxylation is 1. The fourth-order valence-electron chi connectivity index (χ4n) is 1.25. The van der Waals surface area contributed by atoms with Gasteiger partial charge < -0.3 is 15.4 Å². The number of nitrogens with one attached hydrogen (secondary N) is 2. The van der Waals surface area contributed by atoms with Gasteiger partial charge in [-0.05, 0) is 20.8 Å². The fourth-order valence-corrected chi connectivity index (χ4v) is 1.25. The third kappa shape index (κ3) is 4.02. The summed E-state index contributed by atoms with van der Waals surface area (Å²) in [6.45, 7) is 9.01. The van der Waals surface area contributed by atoms with Gasteiger partial charge in [-0.1, -0.05) is 0 Å². The third-order valence-electron chi connectivity index (χ3n) is 2.05. The van der Waals surface area contributed by atoms with E-state index in [0.29, 0.717) is 12.6 Å². The Labute approximate surface area is 96.6 Å². The van der Waals surface area contributed by atoms with Crippen molar-refractivity contribution in [2.45, 2.75) is 20.8 Å². The number of aromatic nitrogens is 2. The predicted molar refractivity (Wildman–Crippen MR) is 65.9 cm³/mol. The molecule has 1 heterocycles. The molecule has 0 fully saturated rings. The van der Waals surface area contributed by atoms with E-state index >= 15 is 0 Å². The average molecular weight is 224 g/mol. The molecule has 0 atom stereocenters. The van der Waals surface area contributed by atoms with E-state index in [2.05, 4.69) is 20.6 Å². The summed E-state index contributed by atoms with van der Waals surface area (Å²) in [7, 11) is 0. The van der Waals surface area contributed by atoms with Crippen LogP contribution in [0.1, 0.15) is 19.4 Å². The summed E-state index contributed by atoms with van der Waals surface area (Å²) in [6, 6.07) is 0. The summed E-state index contributed by atoms with van der Waals surface area (Å²) >= 11 is 0. The van der Waals surface area contributed by atoms with Gasteiger partial charge in [-0.15, -0.1) is 0 Å². The van der Waals surface area contributed by atoms with Crippen molar-refractivity contribution in [3.8, 4) is 0 Å². The number of hydrogen-bond acceptors (Lipinski definition) is 5. The summed E-state index contributed by atoms with van der Waals surface area (Å²) in [5, 5.41) is 6.31. The van der Waals surface area contributed by atoms with Crippen molar-refractivity contribution in [3.05, 3.63) is 11.8 Å². The Kier molecular flexibility index (Phi) is 5.56. The SMILES string of the molecule is CCNc1ncc(C)c(NCCOCC)n1. The highest BCUT2D eigenvalue weighted by Gasteiger charge is 2.02. The first-order valence-electron chi connectivity index (χ1n) is 5.67. The number of hydrogen-bond donors (Lipinski definition) is 2. The highest BCUT2D eigenvalue weighted by atomic mass is 16.5. The van der Waals surface area contributed by atoms with Crippen LogP contribution < -0.4 is 10.6 Å². The predicted octanol–water partition coefficient (Wildman–Crippen LogP) is 1.67. The van der Waals surface area contributed by atoms with E-state index in [1.807, 2.05) is 27.0 Å². The van der Waals surface area contributed by atoms with Gasteiger partial charge in [-0.2, -0.15) is 4.98 Å². The topological polar surface area (TPSA) is 59.1 Å². The van der Waals surface area contributed by atoms with Crippen molar-refractivity contribution >= 4 is 11.8 Å². The van der Waals surface area contributed by atoms with Gasteiger partial charge in [0.05, 0.1) is 6.61 Å². The molecule has 0 aliphatic rings. The molecule has 1 rings (SSSR count). The van der Waals surface area contributed by atoms with Crippen LogP contribution in [-0.2, 0) is 4.74 Å². The number of rotatable bonds is 7. The van der Waals surface area contributed by atoms with Crippen LogP contribution in [0.3, 0.4) is 0 Å². The molecule has 2 N–H and O–H groups in total. The first-order chi connectivity index (χ1) is 7.77. The van der Waals surface area contributed by atoms with Gasteiger partial charge in [0, 0.05) is 31.5 Å². The lowest BCUT2D eigenvalue weighted by atomic mass is 10.3. The Hall–Kier alpha value is -1.36. The van der Waals surface area contributed by atoms with Crippen LogP contribution in [0, 0.1) is 6.92 Å². The van der Waals surface area contributed by atoms with E-state index < -0.39 is 0 Å². The van der Waals surface area contributed by atoms with Gasteiger partial charge in [-0.25, -0.2) is 4.98 Å². The molecule has 5 nitrogen and oxygen atoms in total. The Morgan fingerprint density at radius 3 is 2.81 bits per heavy atom. The van der Waals surface area contributed by atoms with Crippen molar-refractivity contribution in [2.24, 2.45) is 0 Å². The third-order valence-corrected chi connectivity index (χ3v) is 2.05. The maximum Gasteiger partial charge on any atom is 0.224 e. The molecular weight excluding hydrogens is 204 g/mol. The molecule has 0 aliphatic heterocycles. The molecule has 0 unspecified atom stereocenters. The van der Waals surface area contributed by atoms with E-state index in [4.69, 9.17) is 4.74 Å². The van der Waals surface area contributed by atoms with Gasteiger partial charge in [0.1, 0.15) is 5.82 Å². The van der Waals surface area contributed by atoms with E-state index in [1.54, 1.807) is 0 Å². The lowest BCUT2D eigenvalue weighted by Crippen LogP contribution is -2.12. The van der Waals surface area contributed by atoms with Gasteiger partial charge >= 0.3 is 0 Å². The van der Waals surface area contributed by atoms with E-state index in [0.717, 1.165) is 31.1 Å². The molecule has 5 heteroatoms. The molecule has 0 spiro atoms.